The van der Waals surface area contributed by atoms with Crippen molar-refractivity contribution in [2.24, 2.45) is 11.7 Å². The van der Waals surface area contributed by atoms with Gasteiger partial charge >= 0.3 is 0 Å². The van der Waals surface area contributed by atoms with Gasteiger partial charge in [0.05, 0.1) is 4.90 Å². The summed E-state index contributed by atoms with van der Waals surface area (Å²) >= 11 is 0. The maximum atomic E-state index is 12.8. The Hall–Kier alpha value is -1.15. The molecule has 152 valence electrons. The Morgan fingerprint density at radius 2 is 1.81 bits per heavy atom. The molecule has 2 fully saturated rings. The molecule has 1 amide bonds. The Labute approximate surface area is 168 Å². The van der Waals surface area contributed by atoms with Crippen molar-refractivity contribution < 1.29 is 13.2 Å². The molecule has 0 bridgehead atoms. The SMILES string of the molecule is CC(N)C1CCN(C(=O)c2cccc(S(=O)(=O)NC3CCCC3)c2)CC1.Cl. The minimum atomic E-state index is -3.59. The molecular formula is C19H30ClN3O3S. The smallest absolute Gasteiger partial charge is 0.253 e. The molecule has 1 aliphatic heterocycles. The molecule has 2 aliphatic rings. The van der Waals surface area contributed by atoms with E-state index in [4.69, 9.17) is 5.73 Å². The fourth-order valence-corrected chi connectivity index (χ4v) is 5.29. The van der Waals surface area contributed by atoms with Gasteiger partial charge in [0, 0.05) is 30.7 Å². The van der Waals surface area contributed by atoms with E-state index < -0.39 is 10.0 Å². The lowest BCUT2D eigenvalue weighted by Gasteiger charge is -2.33. The third-order valence-corrected chi connectivity index (χ3v) is 7.16. The van der Waals surface area contributed by atoms with Crippen molar-refractivity contribution in [1.29, 1.82) is 0 Å². The lowest BCUT2D eigenvalue weighted by atomic mass is 9.90. The van der Waals surface area contributed by atoms with Crippen LogP contribution in [-0.4, -0.2) is 44.4 Å². The molecule has 1 atom stereocenters. The predicted molar refractivity (Wildman–Crippen MR) is 109 cm³/mol. The average Bonchev–Trinajstić information content (AvgIpc) is 3.13. The molecule has 0 aromatic heterocycles. The largest absolute Gasteiger partial charge is 0.339 e. The number of benzene rings is 1. The summed E-state index contributed by atoms with van der Waals surface area (Å²) in [7, 11) is -3.59. The highest BCUT2D eigenvalue weighted by Crippen LogP contribution is 2.23. The molecule has 1 unspecified atom stereocenters. The molecule has 6 nitrogen and oxygen atoms in total. The van der Waals surface area contributed by atoms with Crippen molar-refractivity contribution in [2.75, 3.05) is 13.1 Å². The van der Waals surface area contributed by atoms with Gasteiger partial charge in [0.1, 0.15) is 0 Å². The van der Waals surface area contributed by atoms with Crippen LogP contribution in [0.1, 0.15) is 55.8 Å². The zero-order chi connectivity index (χ0) is 18.7. The van der Waals surface area contributed by atoms with Gasteiger partial charge in [-0.3, -0.25) is 4.79 Å². The first-order valence-electron chi connectivity index (χ1n) is 9.54. The second-order valence-electron chi connectivity index (χ2n) is 7.62. The summed E-state index contributed by atoms with van der Waals surface area (Å²) < 4.78 is 28.0. The minimum Gasteiger partial charge on any atom is -0.339 e. The summed E-state index contributed by atoms with van der Waals surface area (Å²) in [4.78, 5) is 14.7. The van der Waals surface area contributed by atoms with Crippen molar-refractivity contribution in [3.05, 3.63) is 29.8 Å². The first kappa shape index (κ1) is 22.1. The molecule has 0 radical (unpaired) electrons. The number of nitrogens with two attached hydrogens (primary N) is 1. The number of piperidine rings is 1. The summed E-state index contributed by atoms with van der Waals surface area (Å²) in [6.45, 7) is 3.35. The number of carbonyl (C=O) groups excluding carboxylic acids is 1. The molecule has 1 aliphatic carbocycles. The van der Waals surface area contributed by atoms with Gasteiger partial charge in [-0.15, -0.1) is 12.4 Å². The quantitative estimate of drug-likeness (QED) is 0.772. The van der Waals surface area contributed by atoms with Gasteiger partial charge < -0.3 is 10.6 Å². The molecule has 0 spiro atoms. The molecule has 3 N–H and O–H groups in total. The van der Waals surface area contributed by atoms with Gasteiger partial charge in [0.15, 0.2) is 0 Å². The number of halogens is 1. The zero-order valence-electron chi connectivity index (χ0n) is 15.8. The summed E-state index contributed by atoms with van der Waals surface area (Å²) in [5.74, 6) is 0.340. The molecule has 1 saturated carbocycles. The van der Waals surface area contributed by atoms with Gasteiger partial charge in [0.2, 0.25) is 10.0 Å². The highest BCUT2D eigenvalue weighted by atomic mass is 35.5. The lowest BCUT2D eigenvalue weighted by Crippen LogP contribution is -2.42. The number of amides is 1. The Bertz CT molecular complexity index is 740. The lowest BCUT2D eigenvalue weighted by molar-refractivity contribution is 0.0680. The summed E-state index contributed by atoms with van der Waals surface area (Å²) in [6, 6.07) is 6.53. The van der Waals surface area contributed by atoms with Crippen LogP contribution in [0.15, 0.2) is 29.2 Å². The number of hydrogen-bond donors (Lipinski definition) is 2. The van der Waals surface area contributed by atoms with Gasteiger partial charge in [-0.25, -0.2) is 13.1 Å². The van der Waals surface area contributed by atoms with Gasteiger partial charge in [0.25, 0.3) is 5.91 Å². The first-order valence-corrected chi connectivity index (χ1v) is 11.0. The number of carbonyl (C=O) groups is 1. The van der Waals surface area contributed by atoms with E-state index in [9.17, 15) is 13.2 Å². The highest BCUT2D eigenvalue weighted by molar-refractivity contribution is 7.89. The van der Waals surface area contributed by atoms with Crippen LogP contribution < -0.4 is 10.5 Å². The van der Waals surface area contributed by atoms with E-state index in [1.807, 2.05) is 6.92 Å². The number of nitrogens with zero attached hydrogens (tertiary/aromatic N) is 1. The average molecular weight is 416 g/mol. The molecular weight excluding hydrogens is 386 g/mol. The summed E-state index contributed by atoms with van der Waals surface area (Å²) in [5, 5.41) is 0. The van der Waals surface area contributed by atoms with Crippen molar-refractivity contribution in [3.8, 4) is 0 Å². The van der Waals surface area contributed by atoms with Crippen LogP contribution >= 0.6 is 12.4 Å². The van der Waals surface area contributed by atoms with Crippen molar-refractivity contribution in [3.63, 3.8) is 0 Å². The van der Waals surface area contributed by atoms with Gasteiger partial charge in [-0.05, 0) is 56.7 Å². The Morgan fingerprint density at radius 3 is 2.41 bits per heavy atom. The van der Waals surface area contributed by atoms with Crippen molar-refractivity contribution >= 4 is 28.3 Å². The number of hydrogen-bond acceptors (Lipinski definition) is 4. The number of rotatable bonds is 5. The number of sulfonamides is 1. The van der Waals surface area contributed by atoms with Crippen LogP contribution in [0.5, 0.6) is 0 Å². The summed E-state index contributed by atoms with van der Waals surface area (Å²) in [6.07, 6.45) is 5.67. The van der Waals surface area contributed by atoms with Crippen LogP contribution in [0.4, 0.5) is 0 Å². The summed E-state index contributed by atoms with van der Waals surface area (Å²) in [5.41, 5.74) is 6.39. The van der Waals surface area contributed by atoms with Gasteiger partial charge in [-0.1, -0.05) is 18.9 Å². The van der Waals surface area contributed by atoms with E-state index in [0.29, 0.717) is 24.6 Å². The molecule has 1 saturated heterocycles. The van der Waals surface area contributed by atoms with E-state index in [0.717, 1.165) is 38.5 Å². The molecule has 1 heterocycles. The Kier molecular flexibility index (Phi) is 7.68. The van der Waals surface area contributed by atoms with E-state index >= 15 is 0 Å². The normalized spacial score (nSPS) is 20.3. The van der Waals surface area contributed by atoms with Crippen LogP contribution in [-0.2, 0) is 10.0 Å². The Balaban J connectivity index is 0.00000261. The fraction of sp³-hybridized carbons (Fsp3) is 0.632. The first-order chi connectivity index (χ1) is 12.4. The maximum Gasteiger partial charge on any atom is 0.253 e. The number of nitrogens with one attached hydrogen (secondary N) is 1. The maximum absolute atomic E-state index is 12.8. The highest BCUT2D eigenvalue weighted by Gasteiger charge is 2.27. The zero-order valence-corrected chi connectivity index (χ0v) is 17.4. The van der Waals surface area contributed by atoms with Crippen LogP contribution in [0.3, 0.4) is 0 Å². The van der Waals surface area contributed by atoms with E-state index in [1.54, 1.807) is 23.1 Å². The van der Waals surface area contributed by atoms with E-state index in [1.165, 1.54) is 6.07 Å². The fourth-order valence-electron chi connectivity index (χ4n) is 3.94. The predicted octanol–water partition coefficient (Wildman–Crippen LogP) is 2.53. The molecule has 1 aromatic carbocycles. The van der Waals surface area contributed by atoms with Crippen LogP contribution in [0, 0.1) is 5.92 Å². The monoisotopic (exact) mass is 415 g/mol. The molecule has 27 heavy (non-hydrogen) atoms. The second-order valence-corrected chi connectivity index (χ2v) is 9.33. The Morgan fingerprint density at radius 1 is 1.19 bits per heavy atom. The van der Waals surface area contributed by atoms with Crippen LogP contribution in [0.25, 0.3) is 0 Å². The molecule has 3 rings (SSSR count). The minimum absolute atomic E-state index is 0. The molecule has 8 heteroatoms. The topological polar surface area (TPSA) is 92.5 Å². The van der Waals surface area contributed by atoms with Crippen LogP contribution in [0.2, 0.25) is 0 Å². The number of likely N-dealkylation sites (tertiary alicyclic amines) is 1. The van der Waals surface area contributed by atoms with E-state index in [2.05, 4.69) is 4.72 Å². The van der Waals surface area contributed by atoms with E-state index in [-0.39, 0.29) is 35.3 Å². The van der Waals surface area contributed by atoms with Crippen molar-refractivity contribution in [1.82, 2.24) is 9.62 Å². The van der Waals surface area contributed by atoms with Gasteiger partial charge in [-0.2, -0.15) is 0 Å². The third-order valence-electron chi connectivity index (χ3n) is 5.64. The standard InChI is InChI=1S/C19H29N3O3S.ClH/c1-14(20)15-9-11-22(12-10-15)19(23)16-5-4-8-18(13-16)26(24,25)21-17-6-2-3-7-17;/h4-5,8,13-15,17,21H,2-3,6-7,9-12,20H2,1H3;1H. The third kappa shape index (κ3) is 5.44. The van der Waals surface area contributed by atoms with Crippen molar-refractivity contribution in [2.45, 2.75) is 62.4 Å². The second kappa shape index (κ2) is 9.37. The molecule has 1 aromatic rings.